The van der Waals surface area contributed by atoms with Crippen LogP contribution in [0.3, 0.4) is 0 Å². The van der Waals surface area contributed by atoms with Crippen LogP contribution in [-0.2, 0) is 10.0 Å². The van der Waals surface area contributed by atoms with Crippen LogP contribution >= 0.6 is 11.3 Å². The number of benzene rings is 1. The van der Waals surface area contributed by atoms with Gasteiger partial charge in [-0.2, -0.15) is 0 Å². The molecule has 3 rings (SSSR count). The van der Waals surface area contributed by atoms with Crippen molar-refractivity contribution in [3.05, 3.63) is 51.9 Å². The van der Waals surface area contributed by atoms with Crippen LogP contribution < -0.4 is 0 Å². The number of nitrogens with zero attached hydrogens (tertiary/aromatic N) is 1. The number of nitrogens with one attached hydrogen (secondary N) is 1. The lowest BCUT2D eigenvalue weighted by atomic mass is 10.0. The Hall–Kier alpha value is -1.83. The monoisotopic (exact) mass is 432 g/mol. The molecule has 0 aliphatic heterocycles. The minimum Gasteiger partial charge on any atom is -0.406 e. The number of hydrogen-bond donors (Lipinski definition) is 1. The number of fused-ring (bicyclic) bond motifs is 1. The smallest absolute Gasteiger partial charge is 0.223 e. The Morgan fingerprint density at radius 2 is 1.93 bits per heavy atom. The molecule has 156 valence electrons. The van der Waals surface area contributed by atoms with Gasteiger partial charge in [-0.25, -0.2) is 9.37 Å². The van der Waals surface area contributed by atoms with E-state index >= 15 is 0 Å². The number of aromatic amines is 1. The molecule has 0 aliphatic rings. The number of carbonyl (C=O) groups excluding carboxylic acids is 1. The lowest BCUT2D eigenvalue weighted by Gasteiger charge is -2.39. The van der Waals surface area contributed by atoms with Crippen molar-refractivity contribution >= 4 is 36.3 Å². The molecule has 0 spiro atoms. The molecular weight excluding hydrogens is 403 g/mol. The summed E-state index contributed by atoms with van der Waals surface area (Å²) >= 11 is 1.35. The summed E-state index contributed by atoms with van der Waals surface area (Å²) < 4.78 is 20.2. The van der Waals surface area contributed by atoms with Crippen LogP contribution in [0.15, 0.2) is 29.8 Å². The van der Waals surface area contributed by atoms with Gasteiger partial charge in [0.25, 0.3) is 0 Å². The summed E-state index contributed by atoms with van der Waals surface area (Å²) in [6.45, 7) is 10.8. The normalized spacial score (nSPS) is 14.3. The lowest BCUT2D eigenvalue weighted by Crippen LogP contribution is -2.44. The summed E-state index contributed by atoms with van der Waals surface area (Å²) in [7, 11) is -1.83. The molecule has 0 aliphatic carbocycles. The first-order valence-corrected chi connectivity index (χ1v) is 13.7. The Morgan fingerprint density at radius 3 is 2.55 bits per heavy atom. The molecule has 0 radical (unpaired) electrons. The zero-order valence-electron chi connectivity index (χ0n) is 17.8. The number of halogens is 1. The first kappa shape index (κ1) is 21.9. The molecular formula is C22H29FN2O2SSi. The number of aromatic nitrogens is 2. The predicted octanol–water partition coefficient (Wildman–Crippen LogP) is 6.64. The molecule has 2 heterocycles. The highest BCUT2D eigenvalue weighted by Crippen LogP contribution is 2.37. The standard InChI is InChI=1S/C22H29FN2O2SSi/c1-6-22(5,27-29(7-2,8-3)9-4)19-14-28-21(25-19)20(26)17-13-24-18-12-15(23)10-11-16(17)18/h10-14,24H,6-9H2,1-5H3. The number of H-pyrrole nitrogens is 1. The van der Waals surface area contributed by atoms with Crippen LogP contribution in [0.2, 0.25) is 18.1 Å². The Kier molecular flexibility index (Phi) is 6.41. The maximum atomic E-state index is 13.4. The molecule has 0 saturated carbocycles. The minimum atomic E-state index is -1.83. The van der Waals surface area contributed by atoms with Crippen molar-refractivity contribution in [3.8, 4) is 0 Å². The van der Waals surface area contributed by atoms with E-state index in [9.17, 15) is 9.18 Å². The topological polar surface area (TPSA) is 55.0 Å². The van der Waals surface area contributed by atoms with E-state index in [1.54, 1.807) is 12.3 Å². The first-order valence-electron chi connectivity index (χ1n) is 10.3. The van der Waals surface area contributed by atoms with Crippen LogP contribution in [0.5, 0.6) is 0 Å². The third-order valence-electron chi connectivity index (χ3n) is 6.18. The number of carbonyl (C=O) groups is 1. The molecule has 7 heteroatoms. The summed E-state index contributed by atoms with van der Waals surface area (Å²) in [5, 5.41) is 3.09. The summed E-state index contributed by atoms with van der Waals surface area (Å²) in [4.78, 5) is 20.8. The van der Waals surface area contributed by atoms with Crippen LogP contribution in [0.4, 0.5) is 4.39 Å². The van der Waals surface area contributed by atoms with Crippen molar-refractivity contribution < 1.29 is 13.6 Å². The molecule has 0 bridgehead atoms. The van der Waals surface area contributed by atoms with Gasteiger partial charge in [0.05, 0.1) is 16.9 Å². The van der Waals surface area contributed by atoms with Crippen molar-refractivity contribution in [2.75, 3.05) is 0 Å². The molecule has 2 aromatic heterocycles. The van der Waals surface area contributed by atoms with Gasteiger partial charge < -0.3 is 9.41 Å². The Balaban J connectivity index is 1.93. The van der Waals surface area contributed by atoms with Crippen LogP contribution in [-0.4, -0.2) is 24.1 Å². The van der Waals surface area contributed by atoms with Crippen LogP contribution in [0, 0.1) is 5.82 Å². The highest BCUT2D eigenvalue weighted by atomic mass is 32.1. The Morgan fingerprint density at radius 1 is 1.24 bits per heavy atom. The van der Waals surface area contributed by atoms with Gasteiger partial charge in [-0.1, -0.05) is 27.7 Å². The van der Waals surface area contributed by atoms with Crippen molar-refractivity contribution in [3.63, 3.8) is 0 Å². The van der Waals surface area contributed by atoms with E-state index in [0.29, 0.717) is 21.5 Å². The fourth-order valence-electron chi connectivity index (χ4n) is 3.77. The number of rotatable bonds is 9. The summed E-state index contributed by atoms with van der Waals surface area (Å²) in [6, 6.07) is 7.59. The number of hydrogen-bond acceptors (Lipinski definition) is 4. The maximum absolute atomic E-state index is 13.4. The third kappa shape index (κ3) is 4.08. The molecule has 29 heavy (non-hydrogen) atoms. The SMILES string of the molecule is CCC(C)(O[Si](CC)(CC)CC)c1csc(C(=O)c2c[nH]c3cc(F)ccc23)n1. The fourth-order valence-corrected chi connectivity index (χ4v) is 7.80. The van der Waals surface area contributed by atoms with E-state index in [-0.39, 0.29) is 11.6 Å². The van der Waals surface area contributed by atoms with Crippen LogP contribution in [0.1, 0.15) is 62.1 Å². The summed E-state index contributed by atoms with van der Waals surface area (Å²) in [6.07, 6.45) is 2.43. The zero-order valence-corrected chi connectivity index (χ0v) is 19.6. The van der Waals surface area contributed by atoms with E-state index in [1.807, 2.05) is 5.38 Å². The van der Waals surface area contributed by atoms with Gasteiger partial charge in [0, 0.05) is 22.5 Å². The molecule has 0 fully saturated rings. The fraction of sp³-hybridized carbons (Fsp3) is 0.455. The molecule has 3 aromatic rings. The van der Waals surface area contributed by atoms with Gasteiger partial charge in [-0.15, -0.1) is 11.3 Å². The second-order valence-corrected chi connectivity index (χ2v) is 13.2. The van der Waals surface area contributed by atoms with Gasteiger partial charge in [0.15, 0.2) is 13.3 Å². The largest absolute Gasteiger partial charge is 0.406 e. The van der Waals surface area contributed by atoms with E-state index in [1.165, 1.54) is 23.5 Å². The second kappa shape index (κ2) is 8.50. The molecule has 1 N–H and O–H groups in total. The van der Waals surface area contributed by atoms with Gasteiger partial charge in [-0.3, -0.25) is 4.79 Å². The molecule has 1 aromatic carbocycles. The zero-order chi connectivity index (χ0) is 21.2. The average molecular weight is 433 g/mol. The summed E-state index contributed by atoms with van der Waals surface area (Å²) in [5.41, 5.74) is 1.45. The number of ketones is 1. The predicted molar refractivity (Wildman–Crippen MR) is 120 cm³/mol. The van der Waals surface area contributed by atoms with E-state index < -0.39 is 13.9 Å². The Labute approximate surface area is 176 Å². The average Bonchev–Trinajstić information content (AvgIpc) is 3.39. The lowest BCUT2D eigenvalue weighted by molar-refractivity contribution is 0.0647. The maximum Gasteiger partial charge on any atom is 0.223 e. The van der Waals surface area contributed by atoms with E-state index in [0.717, 1.165) is 30.2 Å². The number of thiazole rings is 1. The van der Waals surface area contributed by atoms with Gasteiger partial charge in [-0.05, 0) is 49.7 Å². The minimum absolute atomic E-state index is 0.150. The second-order valence-electron chi connectivity index (χ2n) is 7.69. The van der Waals surface area contributed by atoms with E-state index in [2.05, 4.69) is 39.6 Å². The summed E-state index contributed by atoms with van der Waals surface area (Å²) in [5.74, 6) is -0.483. The first-order chi connectivity index (χ1) is 13.8. The van der Waals surface area contributed by atoms with Gasteiger partial charge >= 0.3 is 0 Å². The molecule has 0 saturated heterocycles. The van der Waals surface area contributed by atoms with Crippen LogP contribution in [0.25, 0.3) is 10.9 Å². The van der Waals surface area contributed by atoms with Crippen molar-refractivity contribution in [1.82, 2.24) is 9.97 Å². The van der Waals surface area contributed by atoms with Gasteiger partial charge in [0.1, 0.15) is 5.82 Å². The van der Waals surface area contributed by atoms with Crippen molar-refractivity contribution in [1.29, 1.82) is 0 Å². The van der Waals surface area contributed by atoms with E-state index in [4.69, 9.17) is 9.41 Å². The molecule has 0 amide bonds. The molecule has 4 nitrogen and oxygen atoms in total. The Bertz CT molecular complexity index is 1000. The quantitative estimate of drug-likeness (QED) is 0.304. The van der Waals surface area contributed by atoms with Crippen molar-refractivity contribution in [2.45, 2.75) is 64.8 Å². The van der Waals surface area contributed by atoms with Crippen molar-refractivity contribution in [2.24, 2.45) is 0 Å². The molecule has 1 unspecified atom stereocenters. The van der Waals surface area contributed by atoms with Gasteiger partial charge in [0.2, 0.25) is 5.78 Å². The third-order valence-corrected chi connectivity index (χ3v) is 11.8. The molecule has 1 atom stereocenters. The highest BCUT2D eigenvalue weighted by Gasteiger charge is 2.39. The highest BCUT2D eigenvalue weighted by molar-refractivity contribution is 7.12.